The zero-order valence-electron chi connectivity index (χ0n) is 30.8. The Balaban J connectivity index is 1.10. The van der Waals surface area contributed by atoms with E-state index < -0.39 is 0 Å². The highest BCUT2D eigenvalue weighted by Gasteiger charge is 2.24. The van der Waals surface area contributed by atoms with Gasteiger partial charge in [0.25, 0.3) is 0 Å². The van der Waals surface area contributed by atoms with Gasteiger partial charge >= 0.3 is 0 Å². The fourth-order valence-electron chi connectivity index (χ4n) is 8.36. The summed E-state index contributed by atoms with van der Waals surface area (Å²) in [7, 11) is 0. The summed E-state index contributed by atoms with van der Waals surface area (Å²) >= 11 is 3.67. The molecule has 12 rings (SSSR count). The van der Waals surface area contributed by atoms with Gasteiger partial charge in [0.1, 0.15) is 11.2 Å². The molecule has 0 radical (unpaired) electrons. The van der Waals surface area contributed by atoms with Crippen molar-refractivity contribution < 1.29 is 4.42 Å². The summed E-state index contributed by atoms with van der Waals surface area (Å²) in [6.45, 7) is 0. The maximum atomic E-state index is 6.80. The Morgan fingerprint density at radius 2 is 0.897 bits per heavy atom. The average Bonchev–Trinajstić information content (AvgIpc) is 3.98. The number of anilines is 3. The second-order valence-electron chi connectivity index (χ2n) is 14.3. The number of furan rings is 1. The number of rotatable bonds is 6. The molecule has 4 aromatic heterocycles. The first kappa shape index (κ1) is 33.0. The van der Waals surface area contributed by atoms with Crippen molar-refractivity contribution in [1.29, 1.82) is 0 Å². The molecule has 0 unspecified atom stereocenters. The molecule has 0 fully saturated rings. The van der Waals surface area contributed by atoms with Gasteiger partial charge in [-0.15, -0.1) is 22.7 Å². The van der Waals surface area contributed by atoms with E-state index in [1.807, 2.05) is 95.5 Å². The van der Waals surface area contributed by atoms with Crippen LogP contribution in [-0.4, -0.2) is 15.0 Å². The molecule has 58 heavy (non-hydrogen) atoms. The van der Waals surface area contributed by atoms with Crippen molar-refractivity contribution >= 4 is 102 Å². The fourth-order valence-corrected chi connectivity index (χ4v) is 10.6. The minimum atomic E-state index is 0.596. The molecule has 7 heteroatoms. The van der Waals surface area contributed by atoms with E-state index in [1.165, 1.54) is 40.3 Å². The third-order valence-electron chi connectivity index (χ3n) is 10.9. The van der Waals surface area contributed by atoms with E-state index in [0.717, 1.165) is 55.7 Å². The van der Waals surface area contributed by atoms with Crippen LogP contribution in [-0.2, 0) is 0 Å². The lowest BCUT2D eigenvalue weighted by Gasteiger charge is -2.27. The molecule has 12 aromatic rings. The van der Waals surface area contributed by atoms with Crippen molar-refractivity contribution in [2.45, 2.75) is 0 Å². The molecule has 0 N–H and O–H groups in total. The average molecular weight is 779 g/mol. The van der Waals surface area contributed by atoms with Gasteiger partial charge in [-0.05, 0) is 54.6 Å². The van der Waals surface area contributed by atoms with Gasteiger partial charge in [-0.25, -0.2) is 15.0 Å². The van der Waals surface area contributed by atoms with Crippen molar-refractivity contribution in [1.82, 2.24) is 15.0 Å². The summed E-state index contributed by atoms with van der Waals surface area (Å²) in [4.78, 5) is 17.5. The molecule has 272 valence electrons. The van der Waals surface area contributed by atoms with Crippen LogP contribution in [0.25, 0.3) is 96.4 Å². The number of nitrogens with zero attached hydrogens (tertiary/aromatic N) is 4. The standard InChI is InChI=1S/C51H30N4OS2/c1-3-14-31(15-4-1)49-52-50(32-16-5-2-6-17-32)54-51(53-49)37-20-11-23-40-46(37)34-29-28-33(30-41(34)56-40)55(38-21-12-26-44-47(38)35-18-7-9-24-42(35)57-44)39-22-13-27-45-48(39)36-19-8-10-25-43(36)58-45/h1-30H. The van der Waals surface area contributed by atoms with Crippen molar-refractivity contribution in [2.24, 2.45) is 0 Å². The highest BCUT2D eigenvalue weighted by Crippen LogP contribution is 2.50. The van der Waals surface area contributed by atoms with Crippen LogP contribution in [0.4, 0.5) is 17.1 Å². The summed E-state index contributed by atoms with van der Waals surface area (Å²) in [6, 6.07) is 63.7. The number of hydrogen-bond acceptors (Lipinski definition) is 7. The molecule has 8 aromatic carbocycles. The molecule has 0 atom stereocenters. The topological polar surface area (TPSA) is 55.1 Å². The van der Waals surface area contributed by atoms with Gasteiger partial charge in [0.15, 0.2) is 17.5 Å². The molecule has 0 aliphatic carbocycles. The summed E-state index contributed by atoms with van der Waals surface area (Å²) in [5.41, 5.74) is 7.57. The fraction of sp³-hybridized carbons (Fsp3) is 0. The van der Waals surface area contributed by atoms with Crippen molar-refractivity contribution in [2.75, 3.05) is 4.90 Å². The van der Waals surface area contributed by atoms with Crippen molar-refractivity contribution in [3.8, 4) is 34.2 Å². The first-order valence-corrected chi connectivity index (χ1v) is 20.8. The highest BCUT2D eigenvalue weighted by molar-refractivity contribution is 7.26. The van der Waals surface area contributed by atoms with Gasteiger partial charge in [-0.3, -0.25) is 0 Å². The zero-order chi connectivity index (χ0) is 38.2. The van der Waals surface area contributed by atoms with Crippen LogP contribution in [0.5, 0.6) is 0 Å². The van der Waals surface area contributed by atoms with Gasteiger partial charge < -0.3 is 9.32 Å². The smallest absolute Gasteiger partial charge is 0.164 e. The molecule has 0 saturated heterocycles. The van der Waals surface area contributed by atoms with E-state index in [2.05, 4.69) is 114 Å². The quantitative estimate of drug-likeness (QED) is 0.168. The Morgan fingerprint density at radius 1 is 0.379 bits per heavy atom. The Kier molecular flexibility index (Phi) is 7.51. The number of hydrogen-bond donors (Lipinski definition) is 0. The van der Waals surface area contributed by atoms with Gasteiger partial charge in [0.2, 0.25) is 0 Å². The Morgan fingerprint density at radius 3 is 1.50 bits per heavy atom. The van der Waals surface area contributed by atoms with Crippen molar-refractivity contribution in [3.05, 3.63) is 182 Å². The lowest BCUT2D eigenvalue weighted by Crippen LogP contribution is -2.10. The molecule has 0 amide bonds. The van der Waals surface area contributed by atoms with Gasteiger partial charge in [0.05, 0.1) is 11.4 Å². The monoisotopic (exact) mass is 778 g/mol. The first-order chi connectivity index (χ1) is 28.7. The first-order valence-electron chi connectivity index (χ1n) is 19.2. The van der Waals surface area contributed by atoms with Crippen molar-refractivity contribution in [3.63, 3.8) is 0 Å². The Labute approximate surface area is 340 Å². The molecule has 0 aliphatic rings. The summed E-state index contributed by atoms with van der Waals surface area (Å²) < 4.78 is 11.8. The third kappa shape index (κ3) is 5.25. The van der Waals surface area contributed by atoms with Gasteiger partial charge in [-0.1, -0.05) is 121 Å². The van der Waals surface area contributed by atoms with Gasteiger partial charge in [0, 0.05) is 79.6 Å². The maximum Gasteiger partial charge on any atom is 0.164 e. The van der Waals surface area contributed by atoms with Crippen LogP contribution >= 0.6 is 22.7 Å². The van der Waals surface area contributed by atoms with Crippen LogP contribution in [0.3, 0.4) is 0 Å². The Hall–Kier alpha value is -7.19. The molecule has 4 heterocycles. The number of fused-ring (bicyclic) bond motifs is 9. The summed E-state index contributed by atoms with van der Waals surface area (Å²) in [5, 5.41) is 6.95. The van der Waals surface area contributed by atoms with E-state index >= 15 is 0 Å². The van der Waals surface area contributed by atoms with E-state index in [0.29, 0.717) is 17.5 Å². The molecular formula is C51H30N4OS2. The van der Waals surface area contributed by atoms with E-state index in [-0.39, 0.29) is 0 Å². The van der Waals surface area contributed by atoms with Crippen LogP contribution < -0.4 is 4.90 Å². The second kappa shape index (κ2) is 13.2. The molecule has 0 aliphatic heterocycles. The largest absolute Gasteiger partial charge is 0.456 e. The van der Waals surface area contributed by atoms with E-state index in [4.69, 9.17) is 19.4 Å². The van der Waals surface area contributed by atoms with Crippen LogP contribution in [0.1, 0.15) is 0 Å². The number of aromatic nitrogens is 3. The predicted molar refractivity (Wildman–Crippen MR) is 244 cm³/mol. The molecular weight excluding hydrogens is 749 g/mol. The minimum absolute atomic E-state index is 0.596. The number of thiophene rings is 2. The van der Waals surface area contributed by atoms with Crippen LogP contribution in [0.2, 0.25) is 0 Å². The predicted octanol–water partition coefficient (Wildman–Crippen LogP) is 15.0. The molecule has 0 bridgehead atoms. The van der Waals surface area contributed by atoms with Gasteiger partial charge in [-0.2, -0.15) is 0 Å². The molecule has 5 nitrogen and oxygen atoms in total. The minimum Gasteiger partial charge on any atom is -0.456 e. The summed E-state index contributed by atoms with van der Waals surface area (Å²) in [5.74, 6) is 1.84. The van der Waals surface area contributed by atoms with Crippen LogP contribution in [0.15, 0.2) is 186 Å². The molecule has 0 spiro atoms. The second-order valence-corrected chi connectivity index (χ2v) is 16.5. The van der Waals surface area contributed by atoms with E-state index in [1.54, 1.807) is 0 Å². The highest BCUT2D eigenvalue weighted by atomic mass is 32.1. The Bertz CT molecular complexity index is 3360. The normalized spacial score (nSPS) is 11.8. The van der Waals surface area contributed by atoms with Crippen LogP contribution in [0, 0.1) is 0 Å². The summed E-state index contributed by atoms with van der Waals surface area (Å²) in [6.07, 6.45) is 0. The van der Waals surface area contributed by atoms with E-state index in [9.17, 15) is 0 Å². The maximum absolute atomic E-state index is 6.80. The lowest BCUT2D eigenvalue weighted by atomic mass is 10.0. The third-order valence-corrected chi connectivity index (χ3v) is 13.2. The number of benzene rings is 8. The molecule has 0 saturated carbocycles. The zero-order valence-corrected chi connectivity index (χ0v) is 32.5. The SMILES string of the molecule is c1ccc(-c2nc(-c3ccccc3)nc(-c3cccc4oc5cc(N(c6cccc7sc8ccccc8c67)c6cccc7sc8ccccc8c67)ccc5c34)n2)cc1. The lowest BCUT2D eigenvalue weighted by molar-refractivity contribution is 0.669.